The number of hydrogen-bond acceptors (Lipinski definition) is 16. The lowest BCUT2D eigenvalue weighted by molar-refractivity contribution is -0.333. The van der Waals surface area contributed by atoms with E-state index in [0.29, 0.717) is 30.0 Å². The van der Waals surface area contributed by atoms with Gasteiger partial charge in [0.15, 0.2) is 11.7 Å². The van der Waals surface area contributed by atoms with Gasteiger partial charge in [-0.05, 0) is 95.0 Å². The Kier molecular flexibility index (Phi) is 33.2. The molecule has 1 saturated heterocycles. The normalized spacial score (nSPS) is 37.2. The molecule has 2 aliphatic rings. The molecule has 1 fully saturated rings. The first-order chi connectivity index (χ1) is 36.6. The molecule has 0 radical (unpaired) electrons. The number of guanidine groups is 1. The second-order valence-corrected chi connectivity index (χ2v) is 23.4. The zero-order valence-electron chi connectivity index (χ0n) is 48.6. The van der Waals surface area contributed by atoms with Crippen molar-refractivity contribution in [2.45, 2.75) is 257 Å². The molecule has 2 aliphatic heterocycles. The average molecular weight is 1110 g/mol. The minimum absolute atomic E-state index is 0.0468. The van der Waals surface area contributed by atoms with Crippen LogP contribution in [0.2, 0.25) is 0 Å². The summed E-state index contributed by atoms with van der Waals surface area (Å²) in [5, 5.41) is 112. The van der Waals surface area contributed by atoms with Crippen LogP contribution in [0.1, 0.15) is 178 Å². The summed E-state index contributed by atoms with van der Waals surface area (Å²) < 4.78 is 18.1. The quantitative estimate of drug-likeness (QED) is 0.0301. The molecular weight excluding hydrogens is 1000 g/mol. The van der Waals surface area contributed by atoms with Crippen LogP contribution in [0.5, 0.6) is 0 Å². The molecule has 0 aromatic rings. The molecule has 0 aromatic heterocycles. The number of nitrogens with two attached hydrogens (primary N) is 2. The predicted molar refractivity (Wildman–Crippen MR) is 303 cm³/mol. The number of cyclic esters (lactones) is 1. The first-order valence-electron chi connectivity index (χ1n) is 29.0. The summed E-state index contributed by atoms with van der Waals surface area (Å²) in [6.07, 6.45) is 6.50. The number of unbranched alkanes of at least 4 members (excludes halogenated alkanes) is 3. The number of aliphatic hydroxyl groups is 10. The second-order valence-electron chi connectivity index (χ2n) is 23.4. The third kappa shape index (κ3) is 27.3. The highest BCUT2D eigenvalue weighted by Gasteiger charge is 2.50. The average Bonchev–Trinajstić information content (AvgIpc) is 3.36. The van der Waals surface area contributed by atoms with Crippen molar-refractivity contribution in [2.24, 2.45) is 52.0 Å². The number of aliphatic imine (C=N–C) groups is 1. The third-order valence-corrected chi connectivity index (χ3v) is 15.6. The minimum atomic E-state index is -2.43. The van der Waals surface area contributed by atoms with Crippen molar-refractivity contribution < 1.29 is 74.9 Å². The summed E-state index contributed by atoms with van der Waals surface area (Å²) in [5.74, 6) is -4.91. The topological polar surface area (TPSA) is 329 Å². The Hall–Kier alpha value is -3.53. The minimum Gasteiger partial charge on any atom is -0.462 e. The number of nitrogens with zero attached hydrogens (tertiary/aromatic N) is 1. The van der Waals surface area contributed by atoms with E-state index in [1.165, 1.54) is 0 Å². The molecule has 0 amide bonds. The van der Waals surface area contributed by atoms with Crippen LogP contribution in [0.15, 0.2) is 64.7 Å². The van der Waals surface area contributed by atoms with Crippen LogP contribution in [-0.2, 0) is 23.8 Å². The molecule has 14 N–H and O–H groups in total. The summed E-state index contributed by atoms with van der Waals surface area (Å²) in [4.78, 5) is 30.9. The fraction of sp³-hybridized carbons (Fsp3) is 0.783. The van der Waals surface area contributed by atoms with E-state index in [2.05, 4.69) is 31.0 Å². The molecule has 18 atom stereocenters. The van der Waals surface area contributed by atoms with Gasteiger partial charge in [0.25, 0.3) is 0 Å². The van der Waals surface area contributed by atoms with Gasteiger partial charge in [-0.2, -0.15) is 0 Å². The number of rotatable bonds is 15. The van der Waals surface area contributed by atoms with Crippen LogP contribution in [0.3, 0.4) is 0 Å². The monoisotopic (exact) mass is 1110 g/mol. The Morgan fingerprint density at radius 3 is 2.05 bits per heavy atom. The summed E-state index contributed by atoms with van der Waals surface area (Å²) in [6.45, 7) is 17.2. The van der Waals surface area contributed by atoms with E-state index in [1.54, 1.807) is 65.0 Å². The highest BCUT2D eigenvalue weighted by atomic mass is 16.7. The van der Waals surface area contributed by atoms with Gasteiger partial charge >= 0.3 is 11.9 Å². The van der Waals surface area contributed by atoms with Crippen molar-refractivity contribution in [1.29, 1.82) is 0 Å². The van der Waals surface area contributed by atoms with Gasteiger partial charge in [-0.3, -0.25) is 9.79 Å². The van der Waals surface area contributed by atoms with Crippen LogP contribution >= 0.6 is 0 Å². The smallest absolute Gasteiger partial charge is 0.334 e. The summed E-state index contributed by atoms with van der Waals surface area (Å²) >= 11 is 0. The predicted octanol–water partition coefficient (Wildman–Crippen LogP) is 5.85. The lowest BCUT2D eigenvalue weighted by Gasteiger charge is -2.45. The molecule has 2 rings (SSSR count). The Balaban J connectivity index is 2.45. The van der Waals surface area contributed by atoms with E-state index < -0.39 is 115 Å². The summed E-state index contributed by atoms with van der Waals surface area (Å²) in [6, 6.07) is 0. The summed E-state index contributed by atoms with van der Waals surface area (Å²) in [7, 11) is 0. The second kappa shape index (κ2) is 36.7. The van der Waals surface area contributed by atoms with E-state index in [0.717, 1.165) is 44.9 Å². The maximum Gasteiger partial charge on any atom is 0.334 e. The molecule has 0 aliphatic carbocycles. The van der Waals surface area contributed by atoms with Crippen molar-refractivity contribution in [3.8, 4) is 0 Å². The fourth-order valence-corrected chi connectivity index (χ4v) is 10.1. The number of fused-ring (bicyclic) bond motifs is 2. The van der Waals surface area contributed by atoms with Crippen LogP contribution in [-0.4, -0.2) is 155 Å². The number of carbonyl (C=O) groups is 2. The highest BCUT2D eigenvalue weighted by Crippen LogP contribution is 2.36. The number of allylic oxidation sites excluding steroid dienone is 6. The molecule has 0 aromatic carbocycles. The van der Waals surface area contributed by atoms with Gasteiger partial charge in [0.1, 0.15) is 18.3 Å². The molecule has 0 unspecified atom stereocenters. The maximum absolute atomic E-state index is 13.6. The van der Waals surface area contributed by atoms with Gasteiger partial charge in [-0.25, -0.2) is 4.79 Å². The lowest BCUT2D eigenvalue weighted by atomic mass is 9.84. The number of esters is 2. The van der Waals surface area contributed by atoms with Crippen LogP contribution in [0, 0.1) is 35.5 Å². The molecule has 18 heteroatoms. The van der Waals surface area contributed by atoms with Gasteiger partial charge in [-0.15, -0.1) is 0 Å². The van der Waals surface area contributed by atoms with E-state index in [1.807, 2.05) is 19.9 Å². The number of aliphatic hydroxyl groups excluding tert-OH is 9. The van der Waals surface area contributed by atoms with E-state index in [4.69, 9.17) is 25.7 Å². The molecule has 78 heavy (non-hydrogen) atoms. The molecule has 0 saturated carbocycles. The van der Waals surface area contributed by atoms with Gasteiger partial charge in [0.2, 0.25) is 0 Å². The van der Waals surface area contributed by atoms with Crippen molar-refractivity contribution in [3.05, 3.63) is 59.8 Å². The molecule has 450 valence electrons. The molecular formula is C60H105N3O15. The van der Waals surface area contributed by atoms with Gasteiger partial charge < -0.3 is 76.7 Å². The van der Waals surface area contributed by atoms with Gasteiger partial charge in [0, 0.05) is 74.8 Å². The standard InChI is InChI=1S/C60H105N3O15/c1-37(2)20-15-16-26-55(72)76-47-31-45(64)30-46(65)32-50(67)38(3)22-18-24-42(7)56(41(6)21-14-12-10-11-13-17-29-63-59(61)62)77-58(74)43(8)25-19-23-39(4)51(68)35-52(69)44(9)49(66)28-27-40(5)54(71)36-60(75)57(73)53(70)34-48(33-47)78-60/h10-11,18-19,22-25,37,39-42,44-54,56-57,64-71,73,75H,12-17,20-21,26-36H2,1-9H3,(H4,61,62,63)/b11-10+,23-19+,24-18+,38-22+,43-25-/t39-,40+,41+,42-,44-,45+,46+,47-,48+,49-,50-,51+,52-,53-,54+,56+,57+,60-/m1/s1. The molecule has 18 nitrogen and oxygen atoms in total. The number of hydrogen-bond donors (Lipinski definition) is 12. The summed E-state index contributed by atoms with van der Waals surface area (Å²) in [5.41, 5.74) is 11.7. The number of ether oxygens (including phenoxy) is 3. The van der Waals surface area contributed by atoms with Crippen molar-refractivity contribution in [2.75, 3.05) is 6.54 Å². The first-order valence-corrected chi connectivity index (χ1v) is 29.0. The van der Waals surface area contributed by atoms with Crippen LogP contribution in [0.4, 0.5) is 0 Å². The first kappa shape index (κ1) is 70.6. The van der Waals surface area contributed by atoms with Crippen molar-refractivity contribution >= 4 is 17.9 Å². The van der Waals surface area contributed by atoms with Crippen LogP contribution < -0.4 is 11.5 Å². The Bertz CT molecular complexity index is 1910. The van der Waals surface area contributed by atoms with E-state index in [-0.39, 0.29) is 75.6 Å². The molecule has 2 bridgehead atoms. The largest absolute Gasteiger partial charge is 0.462 e. The molecule has 2 heterocycles. The van der Waals surface area contributed by atoms with Gasteiger partial charge in [0.05, 0.1) is 54.9 Å². The van der Waals surface area contributed by atoms with E-state index in [9.17, 15) is 60.7 Å². The van der Waals surface area contributed by atoms with Crippen molar-refractivity contribution in [1.82, 2.24) is 0 Å². The van der Waals surface area contributed by atoms with Gasteiger partial charge in [-0.1, -0.05) is 110 Å². The zero-order valence-corrected chi connectivity index (χ0v) is 48.6. The maximum atomic E-state index is 13.6. The van der Waals surface area contributed by atoms with E-state index >= 15 is 0 Å². The Morgan fingerprint density at radius 2 is 1.38 bits per heavy atom. The fourth-order valence-electron chi connectivity index (χ4n) is 10.1. The highest BCUT2D eigenvalue weighted by molar-refractivity contribution is 5.88. The van der Waals surface area contributed by atoms with Crippen LogP contribution in [0.25, 0.3) is 0 Å². The lowest BCUT2D eigenvalue weighted by Crippen LogP contribution is -2.60. The Labute approximate surface area is 466 Å². The van der Waals surface area contributed by atoms with Crippen molar-refractivity contribution in [3.63, 3.8) is 0 Å². The SMILES string of the molecule is C/C1=C/C=C/[C@@H](C)[C@@H](O)C[C@@H](O)[C@H](C)[C@H](O)CC[C@H](C)[C@@H](O)C[C@@]2(O)O[C@@H](C[C@H](OC(=O)CCCCC(C)C)C[C@@H](O)C[C@H](O)C[C@@H](O)/C(C)=C/C=C/[C@@H](C)[C@H]([C@@H](C)CCC/C=C/CCCN=C(N)N)OC1=O)C[C@@H](O)[C@@H]2O. The zero-order chi connectivity index (χ0) is 58.7. The Morgan fingerprint density at radius 1 is 0.744 bits per heavy atom. The third-order valence-electron chi connectivity index (χ3n) is 15.6. The molecule has 0 spiro atoms. The number of carbonyl (C=O) groups excluding carboxylic acids is 2.